The average Bonchev–Trinajstić information content (AvgIpc) is 2.47. The van der Waals surface area contributed by atoms with E-state index in [9.17, 15) is 4.79 Å². The molecule has 0 radical (unpaired) electrons. The van der Waals surface area contributed by atoms with Crippen LogP contribution in [0.2, 0.25) is 5.16 Å². The number of hydrogen-bond acceptors (Lipinski definition) is 8. The molecule has 0 aliphatic carbocycles. The van der Waals surface area contributed by atoms with Crippen molar-refractivity contribution in [2.75, 3.05) is 49.3 Å². The minimum Gasteiger partial charge on any atom is -0.466 e. The summed E-state index contributed by atoms with van der Waals surface area (Å²) in [7, 11) is 2.35. The molecule has 0 aromatic rings. The van der Waals surface area contributed by atoms with Crippen molar-refractivity contribution in [3.8, 4) is 0 Å². The SMILES string of the molecule is CO[Si](OC)(OC)C(COC(C)=O)[Si](OC)(OC)OC. The van der Waals surface area contributed by atoms with Crippen molar-refractivity contribution in [1.82, 2.24) is 0 Å². The van der Waals surface area contributed by atoms with Gasteiger partial charge >= 0.3 is 23.6 Å². The van der Waals surface area contributed by atoms with Crippen LogP contribution in [0.4, 0.5) is 0 Å². The normalized spacial score (nSPS) is 12.8. The van der Waals surface area contributed by atoms with Crippen LogP contribution in [0, 0.1) is 0 Å². The molecule has 0 heterocycles. The smallest absolute Gasteiger partial charge is 0.466 e. The van der Waals surface area contributed by atoms with Crippen molar-refractivity contribution < 1.29 is 36.1 Å². The fourth-order valence-electron chi connectivity index (χ4n) is 1.97. The van der Waals surface area contributed by atoms with Gasteiger partial charge in [0.25, 0.3) is 0 Å². The second-order valence-electron chi connectivity index (χ2n) is 3.79. The second-order valence-corrected chi connectivity index (χ2v) is 10.6. The number of carbonyl (C=O) groups is 1. The van der Waals surface area contributed by atoms with E-state index in [2.05, 4.69) is 0 Å². The summed E-state index contributed by atoms with van der Waals surface area (Å²) in [6.07, 6.45) is 0. The van der Waals surface area contributed by atoms with Gasteiger partial charge in [-0.05, 0) is 0 Å². The summed E-state index contributed by atoms with van der Waals surface area (Å²) in [6.45, 7) is 1.27. The van der Waals surface area contributed by atoms with Crippen LogP contribution in [0.1, 0.15) is 6.92 Å². The molecule has 120 valence electrons. The molecule has 0 aromatic carbocycles. The van der Waals surface area contributed by atoms with Crippen molar-refractivity contribution in [1.29, 1.82) is 0 Å². The summed E-state index contributed by atoms with van der Waals surface area (Å²) < 4.78 is 37.7. The van der Waals surface area contributed by atoms with E-state index in [1.165, 1.54) is 49.6 Å². The zero-order chi connectivity index (χ0) is 15.8. The molecule has 0 saturated carbocycles. The van der Waals surface area contributed by atoms with Crippen LogP contribution in [0.3, 0.4) is 0 Å². The molecule has 10 heteroatoms. The molecule has 20 heavy (non-hydrogen) atoms. The largest absolute Gasteiger partial charge is 0.511 e. The van der Waals surface area contributed by atoms with Crippen molar-refractivity contribution in [2.45, 2.75) is 12.1 Å². The molecule has 0 spiro atoms. The molecular weight excluding hydrogens is 304 g/mol. The molecule has 0 amide bonds. The number of carbonyl (C=O) groups excluding carboxylic acids is 1. The third-order valence-corrected chi connectivity index (χ3v) is 10.6. The minimum absolute atomic E-state index is 0.0428. The van der Waals surface area contributed by atoms with E-state index >= 15 is 0 Å². The van der Waals surface area contributed by atoms with E-state index in [0.29, 0.717) is 0 Å². The lowest BCUT2D eigenvalue weighted by Crippen LogP contribution is -2.63. The Balaban J connectivity index is 5.60. The van der Waals surface area contributed by atoms with Gasteiger partial charge in [0, 0.05) is 49.6 Å². The van der Waals surface area contributed by atoms with Gasteiger partial charge in [0.1, 0.15) is 11.8 Å². The van der Waals surface area contributed by atoms with Gasteiger partial charge in [-0.3, -0.25) is 4.79 Å². The molecule has 0 unspecified atom stereocenters. The lowest BCUT2D eigenvalue weighted by Gasteiger charge is -2.39. The molecule has 8 nitrogen and oxygen atoms in total. The quantitative estimate of drug-likeness (QED) is 0.416. The molecular formula is C10H24O8Si2. The zero-order valence-electron chi connectivity index (χ0n) is 13.1. The molecule has 0 bridgehead atoms. The highest BCUT2D eigenvalue weighted by molar-refractivity contribution is 6.82. The van der Waals surface area contributed by atoms with Gasteiger partial charge < -0.3 is 31.3 Å². The fourth-order valence-corrected chi connectivity index (χ4v) is 9.11. The van der Waals surface area contributed by atoms with E-state index in [0.717, 1.165) is 0 Å². The molecule has 0 aliphatic heterocycles. The van der Waals surface area contributed by atoms with Crippen LogP contribution < -0.4 is 0 Å². The third-order valence-electron chi connectivity index (χ3n) is 3.01. The molecule has 0 atom stereocenters. The Morgan fingerprint density at radius 2 is 1.10 bits per heavy atom. The van der Waals surface area contributed by atoms with Gasteiger partial charge in [0.2, 0.25) is 0 Å². The number of ether oxygens (including phenoxy) is 1. The fraction of sp³-hybridized carbons (Fsp3) is 0.900. The third kappa shape index (κ3) is 4.08. The summed E-state index contributed by atoms with van der Waals surface area (Å²) >= 11 is 0. The topological polar surface area (TPSA) is 81.7 Å². The summed E-state index contributed by atoms with van der Waals surface area (Å²) in [6, 6.07) is 0. The Morgan fingerprint density at radius 1 is 0.800 bits per heavy atom. The maximum absolute atomic E-state index is 11.1. The van der Waals surface area contributed by atoms with E-state index in [4.69, 9.17) is 31.3 Å². The Hall–Kier alpha value is -0.336. The van der Waals surface area contributed by atoms with Gasteiger partial charge in [-0.15, -0.1) is 0 Å². The summed E-state index contributed by atoms with van der Waals surface area (Å²) in [4.78, 5) is 11.1. The van der Waals surface area contributed by atoms with Crippen LogP contribution in [0.25, 0.3) is 0 Å². The standard InChI is InChI=1S/C10H24O8Si2/c1-9(11)18-8-10(19(12-2,13-3)14-4)20(15-5,16-6)17-7/h10H,8H2,1-7H3. The molecule has 0 aromatic heterocycles. The first-order valence-electron chi connectivity index (χ1n) is 5.86. The Morgan fingerprint density at radius 3 is 1.30 bits per heavy atom. The van der Waals surface area contributed by atoms with Crippen LogP contribution in [0.15, 0.2) is 0 Å². The lowest BCUT2D eigenvalue weighted by molar-refractivity contribution is -0.141. The van der Waals surface area contributed by atoms with Crippen LogP contribution in [0.5, 0.6) is 0 Å². The number of esters is 1. The van der Waals surface area contributed by atoms with Gasteiger partial charge in [-0.25, -0.2) is 0 Å². The monoisotopic (exact) mass is 328 g/mol. The van der Waals surface area contributed by atoms with Gasteiger partial charge in [-0.2, -0.15) is 0 Å². The Bertz CT molecular complexity index is 256. The maximum Gasteiger partial charge on any atom is 0.511 e. The molecule has 0 saturated heterocycles. The van der Waals surface area contributed by atoms with Crippen molar-refractivity contribution in [3.05, 3.63) is 0 Å². The number of hydrogen-bond donors (Lipinski definition) is 0. The highest BCUT2D eigenvalue weighted by atomic mass is 28.5. The summed E-state index contributed by atoms with van der Waals surface area (Å²) in [5, 5.41) is -0.598. The molecule has 0 fully saturated rings. The van der Waals surface area contributed by atoms with Gasteiger partial charge in [0.15, 0.2) is 0 Å². The predicted octanol–water partition coefficient (Wildman–Crippen LogP) is 0.215. The second kappa shape index (κ2) is 8.84. The summed E-state index contributed by atoms with van der Waals surface area (Å²) in [5.41, 5.74) is 0. The maximum atomic E-state index is 11.1. The molecule has 0 N–H and O–H groups in total. The first-order chi connectivity index (χ1) is 9.41. The zero-order valence-corrected chi connectivity index (χ0v) is 15.1. The average molecular weight is 328 g/mol. The Labute approximate surface area is 121 Å². The van der Waals surface area contributed by atoms with Crippen molar-refractivity contribution in [2.24, 2.45) is 0 Å². The molecule has 0 aliphatic rings. The first-order valence-corrected chi connectivity index (χ1v) is 9.46. The van der Waals surface area contributed by atoms with E-state index < -0.39 is 28.7 Å². The highest BCUT2D eigenvalue weighted by Crippen LogP contribution is 2.35. The lowest BCUT2D eigenvalue weighted by atomic mass is 10.7. The van der Waals surface area contributed by atoms with Crippen molar-refractivity contribution in [3.63, 3.8) is 0 Å². The Kier molecular flexibility index (Phi) is 8.69. The van der Waals surface area contributed by atoms with E-state index in [1.54, 1.807) is 0 Å². The molecule has 0 rings (SSSR count). The first kappa shape index (κ1) is 19.7. The van der Waals surface area contributed by atoms with Gasteiger partial charge in [-0.1, -0.05) is 0 Å². The van der Waals surface area contributed by atoms with Crippen molar-refractivity contribution >= 4 is 23.6 Å². The van der Waals surface area contributed by atoms with Crippen LogP contribution in [-0.2, 0) is 36.1 Å². The van der Waals surface area contributed by atoms with Crippen LogP contribution >= 0.6 is 0 Å². The predicted molar refractivity (Wildman–Crippen MR) is 73.9 cm³/mol. The minimum atomic E-state index is -3.20. The number of rotatable bonds is 10. The van der Waals surface area contributed by atoms with E-state index in [-0.39, 0.29) is 6.61 Å². The van der Waals surface area contributed by atoms with Crippen LogP contribution in [-0.4, -0.2) is 72.8 Å². The van der Waals surface area contributed by atoms with E-state index in [1.807, 2.05) is 0 Å². The highest BCUT2D eigenvalue weighted by Gasteiger charge is 2.64. The van der Waals surface area contributed by atoms with Gasteiger partial charge in [0.05, 0.1) is 0 Å². The summed E-state index contributed by atoms with van der Waals surface area (Å²) in [5.74, 6) is -0.438.